The van der Waals surface area contributed by atoms with Crippen molar-refractivity contribution in [3.05, 3.63) is 52.5 Å². The number of ether oxygens (including phenoxy) is 3. The fourth-order valence-corrected chi connectivity index (χ4v) is 2.33. The lowest BCUT2D eigenvalue weighted by molar-refractivity contribution is 0.171. The highest BCUT2D eigenvalue weighted by molar-refractivity contribution is 6.32. The smallest absolute Gasteiger partial charge is 0.179 e. The van der Waals surface area contributed by atoms with Crippen LogP contribution in [0.15, 0.2) is 36.4 Å². The number of rotatable bonds is 3. The molecule has 0 aromatic heterocycles. The van der Waals surface area contributed by atoms with Crippen molar-refractivity contribution in [3.8, 4) is 23.3 Å². The number of halogens is 1. The van der Waals surface area contributed by atoms with Crippen LogP contribution in [0.2, 0.25) is 5.02 Å². The molecule has 106 valence electrons. The zero-order valence-corrected chi connectivity index (χ0v) is 11.9. The van der Waals surface area contributed by atoms with E-state index in [4.69, 9.17) is 31.1 Å². The second-order valence-electron chi connectivity index (χ2n) is 4.53. The minimum Gasteiger partial charge on any atom is -0.489 e. The molecule has 0 spiro atoms. The van der Waals surface area contributed by atoms with Crippen molar-refractivity contribution >= 4 is 11.6 Å². The van der Waals surface area contributed by atoms with E-state index in [1.165, 1.54) is 0 Å². The standard InChI is InChI=1S/C16H12ClNO3/c17-14-7-12(8-15-16(14)20-6-5-19-15)10-21-13-3-1-11(9-18)2-4-13/h1-4,7-8H,5-6,10H2. The average Bonchev–Trinajstić information content (AvgIpc) is 2.53. The van der Waals surface area contributed by atoms with Crippen LogP contribution in [-0.2, 0) is 6.61 Å². The number of nitrogens with zero attached hydrogens (tertiary/aromatic N) is 1. The quantitative estimate of drug-likeness (QED) is 0.870. The molecular weight excluding hydrogens is 290 g/mol. The van der Waals surface area contributed by atoms with Crippen LogP contribution < -0.4 is 14.2 Å². The molecule has 0 aliphatic carbocycles. The largest absolute Gasteiger partial charge is 0.489 e. The molecule has 1 aliphatic rings. The van der Waals surface area contributed by atoms with E-state index in [1.54, 1.807) is 30.3 Å². The molecular formula is C16H12ClNO3. The molecule has 0 amide bonds. The third kappa shape index (κ3) is 3.04. The topological polar surface area (TPSA) is 51.5 Å². The van der Waals surface area contributed by atoms with E-state index < -0.39 is 0 Å². The first-order chi connectivity index (χ1) is 10.3. The summed E-state index contributed by atoms with van der Waals surface area (Å²) in [6.45, 7) is 1.39. The maximum absolute atomic E-state index is 8.75. The van der Waals surface area contributed by atoms with Crippen molar-refractivity contribution in [2.45, 2.75) is 6.61 Å². The van der Waals surface area contributed by atoms with Crippen molar-refractivity contribution in [2.75, 3.05) is 13.2 Å². The van der Waals surface area contributed by atoms with Gasteiger partial charge in [-0.05, 0) is 42.0 Å². The number of hydrogen-bond donors (Lipinski definition) is 0. The molecule has 2 aromatic rings. The van der Waals surface area contributed by atoms with Gasteiger partial charge < -0.3 is 14.2 Å². The zero-order valence-electron chi connectivity index (χ0n) is 11.1. The minimum atomic E-state index is 0.363. The predicted octanol–water partition coefficient (Wildman–Crippen LogP) is 3.56. The Morgan fingerprint density at radius 2 is 1.90 bits per heavy atom. The molecule has 2 aromatic carbocycles. The lowest BCUT2D eigenvalue weighted by Crippen LogP contribution is -2.16. The first-order valence-corrected chi connectivity index (χ1v) is 6.85. The summed E-state index contributed by atoms with van der Waals surface area (Å²) in [6, 6.07) is 12.7. The van der Waals surface area contributed by atoms with Gasteiger partial charge in [0.1, 0.15) is 25.6 Å². The van der Waals surface area contributed by atoms with Gasteiger partial charge in [-0.3, -0.25) is 0 Å². The van der Waals surface area contributed by atoms with Gasteiger partial charge in [0.15, 0.2) is 11.5 Å². The van der Waals surface area contributed by atoms with Crippen LogP contribution >= 0.6 is 11.6 Å². The molecule has 0 saturated heterocycles. The van der Waals surface area contributed by atoms with E-state index in [2.05, 4.69) is 6.07 Å². The molecule has 0 atom stereocenters. The first-order valence-electron chi connectivity index (χ1n) is 6.47. The van der Waals surface area contributed by atoms with Crippen molar-refractivity contribution < 1.29 is 14.2 Å². The Bertz CT molecular complexity index is 692. The molecule has 1 heterocycles. The van der Waals surface area contributed by atoms with E-state index in [0.29, 0.717) is 47.7 Å². The van der Waals surface area contributed by atoms with E-state index >= 15 is 0 Å². The number of hydrogen-bond acceptors (Lipinski definition) is 4. The fourth-order valence-electron chi connectivity index (χ4n) is 2.04. The van der Waals surface area contributed by atoms with Crippen LogP contribution in [0.25, 0.3) is 0 Å². The van der Waals surface area contributed by atoms with Gasteiger partial charge >= 0.3 is 0 Å². The van der Waals surface area contributed by atoms with Gasteiger partial charge in [-0.25, -0.2) is 0 Å². The second kappa shape index (κ2) is 5.94. The SMILES string of the molecule is N#Cc1ccc(OCc2cc(Cl)c3c(c2)OCCO3)cc1. The number of nitriles is 1. The van der Waals surface area contributed by atoms with Crippen LogP contribution in [-0.4, -0.2) is 13.2 Å². The normalized spacial score (nSPS) is 12.6. The van der Waals surface area contributed by atoms with Gasteiger partial charge in [0, 0.05) is 0 Å². The summed E-state index contributed by atoms with van der Waals surface area (Å²) in [4.78, 5) is 0. The zero-order chi connectivity index (χ0) is 14.7. The van der Waals surface area contributed by atoms with E-state index in [9.17, 15) is 0 Å². The van der Waals surface area contributed by atoms with Crippen molar-refractivity contribution in [1.29, 1.82) is 5.26 Å². The Labute approximate surface area is 127 Å². The van der Waals surface area contributed by atoms with Crippen LogP contribution in [0.4, 0.5) is 0 Å². The third-order valence-corrected chi connectivity index (χ3v) is 3.33. The lowest BCUT2D eigenvalue weighted by Gasteiger charge is -2.20. The maximum atomic E-state index is 8.75. The first kappa shape index (κ1) is 13.6. The monoisotopic (exact) mass is 301 g/mol. The Kier molecular flexibility index (Phi) is 3.85. The Hall–Kier alpha value is -2.38. The van der Waals surface area contributed by atoms with Gasteiger partial charge in [-0.2, -0.15) is 5.26 Å². The lowest BCUT2D eigenvalue weighted by atomic mass is 10.2. The fraction of sp³-hybridized carbons (Fsp3) is 0.188. The highest BCUT2D eigenvalue weighted by atomic mass is 35.5. The Morgan fingerprint density at radius 3 is 2.67 bits per heavy atom. The van der Waals surface area contributed by atoms with Crippen LogP contribution in [0.1, 0.15) is 11.1 Å². The Balaban J connectivity index is 1.73. The van der Waals surface area contributed by atoms with Crippen molar-refractivity contribution in [3.63, 3.8) is 0 Å². The molecule has 1 aliphatic heterocycles. The average molecular weight is 302 g/mol. The number of benzene rings is 2. The van der Waals surface area contributed by atoms with Crippen molar-refractivity contribution in [2.24, 2.45) is 0 Å². The van der Waals surface area contributed by atoms with Gasteiger partial charge in [0.25, 0.3) is 0 Å². The highest BCUT2D eigenvalue weighted by Crippen LogP contribution is 2.38. The molecule has 4 nitrogen and oxygen atoms in total. The molecule has 0 bridgehead atoms. The molecule has 21 heavy (non-hydrogen) atoms. The second-order valence-corrected chi connectivity index (χ2v) is 4.93. The highest BCUT2D eigenvalue weighted by Gasteiger charge is 2.16. The molecule has 0 N–H and O–H groups in total. The predicted molar refractivity (Wildman–Crippen MR) is 77.9 cm³/mol. The summed E-state index contributed by atoms with van der Waals surface area (Å²) in [5.41, 5.74) is 1.50. The summed E-state index contributed by atoms with van der Waals surface area (Å²) >= 11 is 6.17. The minimum absolute atomic E-state index is 0.363. The van der Waals surface area contributed by atoms with Gasteiger partial charge in [-0.15, -0.1) is 0 Å². The number of fused-ring (bicyclic) bond motifs is 1. The molecule has 0 fully saturated rings. The van der Waals surface area contributed by atoms with E-state index in [-0.39, 0.29) is 0 Å². The van der Waals surface area contributed by atoms with Crippen LogP contribution in [0.5, 0.6) is 17.2 Å². The van der Waals surface area contributed by atoms with Gasteiger partial charge in [0.2, 0.25) is 0 Å². The third-order valence-electron chi connectivity index (χ3n) is 3.05. The summed E-state index contributed by atoms with van der Waals surface area (Å²) in [5.74, 6) is 1.93. The van der Waals surface area contributed by atoms with Crippen LogP contribution in [0, 0.1) is 11.3 Å². The summed E-state index contributed by atoms with van der Waals surface area (Å²) in [6.07, 6.45) is 0. The van der Waals surface area contributed by atoms with E-state index in [0.717, 1.165) is 5.56 Å². The van der Waals surface area contributed by atoms with Gasteiger partial charge in [0.05, 0.1) is 16.7 Å². The molecule has 0 saturated carbocycles. The Morgan fingerprint density at radius 1 is 1.14 bits per heavy atom. The molecule has 0 unspecified atom stereocenters. The summed E-state index contributed by atoms with van der Waals surface area (Å²) in [7, 11) is 0. The maximum Gasteiger partial charge on any atom is 0.179 e. The molecule has 3 rings (SSSR count). The molecule has 0 radical (unpaired) electrons. The van der Waals surface area contributed by atoms with E-state index in [1.807, 2.05) is 6.07 Å². The summed E-state index contributed by atoms with van der Waals surface area (Å²) < 4.78 is 16.7. The molecule has 5 heteroatoms. The summed E-state index contributed by atoms with van der Waals surface area (Å²) in [5, 5.41) is 9.27. The van der Waals surface area contributed by atoms with Crippen molar-refractivity contribution in [1.82, 2.24) is 0 Å². The van der Waals surface area contributed by atoms with Crippen LogP contribution in [0.3, 0.4) is 0 Å². The van der Waals surface area contributed by atoms with Gasteiger partial charge in [-0.1, -0.05) is 11.6 Å².